The predicted molar refractivity (Wildman–Crippen MR) is 568 cm³/mol. The number of fused-ring (bicyclic) bond motifs is 40. The van der Waals surface area contributed by atoms with Crippen LogP contribution in [0.25, 0.3) is 145 Å². The van der Waals surface area contributed by atoms with Crippen molar-refractivity contribution >= 4 is 34.1 Å². The summed E-state index contributed by atoms with van der Waals surface area (Å²) in [5.74, 6) is 3.35. The third kappa shape index (κ3) is 11.3. The van der Waals surface area contributed by atoms with Crippen molar-refractivity contribution in [1.29, 1.82) is 0 Å². The predicted octanol–water partition coefficient (Wildman–Crippen LogP) is 35.5. The van der Waals surface area contributed by atoms with E-state index in [1.54, 1.807) is 0 Å². The van der Waals surface area contributed by atoms with Crippen LogP contribution in [0.2, 0.25) is 0 Å². The lowest BCUT2D eigenvalue weighted by Gasteiger charge is -2.35. The lowest BCUT2D eigenvalue weighted by molar-refractivity contribution is 0.488. The summed E-state index contributed by atoms with van der Waals surface area (Å²) in [6.07, 6.45) is 0. The fourth-order valence-electron chi connectivity index (χ4n) is 25.5. The summed E-state index contributed by atoms with van der Waals surface area (Å²) in [7, 11) is 0. The highest BCUT2D eigenvalue weighted by atomic mass is 16.5. The summed E-state index contributed by atoms with van der Waals surface area (Å²) in [6.45, 7) is 9.44. The van der Waals surface area contributed by atoms with Crippen LogP contribution in [0.15, 0.2) is 473 Å². The zero-order valence-corrected chi connectivity index (χ0v) is 76.7. The van der Waals surface area contributed by atoms with Crippen molar-refractivity contribution in [3.8, 4) is 168 Å². The van der Waals surface area contributed by atoms with E-state index in [0.717, 1.165) is 107 Å². The number of hydrogen-bond donors (Lipinski definition) is 0. The van der Waals surface area contributed by atoms with Gasteiger partial charge in [0.1, 0.15) is 11.5 Å². The van der Waals surface area contributed by atoms with Gasteiger partial charge < -0.3 is 19.3 Å². The van der Waals surface area contributed by atoms with E-state index in [0.29, 0.717) is 0 Å². The minimum Gasteiger partial charge on any atom is -0.454 e. The molecule has 0 aromatic heterocycles. The van der Waals surface area contributed by atoms with Gasteiger partial charge in [-0.15, -0.1) is 0 Å². The Balaban J connectivity index is 0.000000137. The fraction of sp³-hybridized carbons (Fsp3) is 0.0597. The monoisotopic (exact) mass is 1760 g/mol. The van der Waals surface area contributed by atoms with Crippen LogP contribution in [0.3, 0.4) is 0 Å². The SMILES string of the molecule is CC1(C)c2ccccc2-c2ccc(N(c3ccc(-c4ccc5c(c4)-c4ccccc4C54c5ccccc5-c5ccccc5-c5ccccc54)cc3)c3cccc4c3Oc3ccccc3-c3ccccc3-4)cc21.CC1(C)c2ccccc2-c2ccc(N(c3ccc4c(c3)-c3ccccc3C43c4ccccc4-c4ccccc4-c4ccccc43)c3cccc4c3Oc3ccccc3-c3ccccc3-4)cc21. The van der Waals surface area contributed by atoms with Crippen LogP contribution in [0.4, 0.5) is 34.1 Å². The maximum absolute atomic E-state index is 7.24. The number of rotatable bonds is 7. The highest BCUT2D eigenvalue weighted by Crippen LogP contribution is 2.67. The Hall–Kier alpha value is -17.2. The van der Waals surface area contributed by atoms with E-state index in [-0.39, 0.29) is 10.8 Å². The van der Waals surface area contributed by atoms with Crippen molar-refractivity contribution in [1.82, 2.24) is 0 Å². The number of anilines is 6. The standard InChI is InChI=1S/C70H47NO.C64H43NO/c1-69(2)60-28-12-7-24-54(60)56-40-39-47(43-65(56)69)71(66-32-17-27-58-51-21-6-5-20-50(51)57-26-11-16-33-67(57)72-68(58)66)46-37-34-44(35-38-46)45-36-41-64-59(42-45)55-25-10-15-31-63(55)70(64)61-29-13-8-22-52(61)48-18-3-4-19-49(48)53-23-9-14-30-62(53)70;1-63(2)54-28-12-7-24-48(54)50-36-34-41(39-59(50)63)65(60-32-17-27-52-45-21-6-5-20-44(45)51-26-11-16-33-61(51)66-62(52)60)40-35-37-58-53(38-40)49-25-10-15-31-57(49)64(58)55-29-13-8-22-46(55)42-18-3-4-19-43(42)47-23-9-14-30-56(47)64/h3-43H,1-2H3;3-39H,1-2H3. The van der Waals surface area contributed by atoms with Crippen LogP contribution >= 0.6 is 0 Å². The van der Waals surface area contributed by atoms with Crippen molar-refractivity contribution in [3.63, 3.8) is 0 Å². The Morgan fingerprint density at radius 2 is 0.384 bits per heavy atom. The molecule has 2 heterocycles. The molecule has 0 fully saturated rings. The van der Waals surface area contributed by atoms with Crippen LogP contribution in [-0.2, 0) is 21.7 Å². The van der Waals surface area contributed by atoms with Gasteiger partial charge in [0.15, 0.2) is 11.5 Å². The van der Waals surface area contributed by atoms with E-state index in [9.17, 15) is 0 Å². The average Bonchev–Trinajstić information content (AvgIpc) is 1.52. The van der Waals surface area contributed by atoms with Gasteiger partial charge in [0.25, 0.3) is 0 Å². The smallest absolute Gasteiger partial charge is 0.159 e. The van der Waals surface area contributed by atoms with Crippen LogP contribution in [-0.4, -0.2) is 0 Å². The minimum absolute atomic E-state index is 0.172. The maximum Gasteiger partial charge on any atom is 0.159 e. The lowest BCUT2D eigenvalue weighted by atomic mass is 9.66. The van der Waals surface area contributed by atoms with Crippen LogP contribution < -0.4 is 19.3 Å². The first-order chi connectivity index (χ1) is 68.0. The highest BCUT2D eigenvalue weighted by molar-refractivity contribution is 6.04. The number of benzene rings is 21. The number of para-hydroxylation sites is 4. The largest absolute Gasteiger partial charge is 0.454 e. The molecule has 0 saturated carbocycles. The summed E-state index contributed by atoms with van der Waals surface area (Å²) < 4.78 is 14.4. The molecule has 0 atom stereocenters. The van der Waals surface area contributed by atoms with E-state index in [4.69, 9.17) is 9.47 Å². The Morgan fingerprint density at radius 1 is 0.152 bits per heavy atom. The highest BCUT2D eigenvalue weighted by Gasteiger charge is 2.53. The van der Waals surface area contributed by atoms with E-state index in [1.165, 1.54) is 161 Å². The zero-order valence-electron chi connectivity index (χ0n) is 76.7. The van der Waals surface area contributed by atoms with Gasteiger partial charge in [-0.1, -0.05) is 422 Å². The first kappa shape index (κ1) is 79.4. The van der Waals surface area contributed by atoms with Gasteiger partial charge in [-0.25, -0.2) is 0 Å². The summed E-state index contributed by atoms with van der Waals surface area (Å²) in [4.78, 5) is 4.85. The molecule has 4 heteroatoms. The topological polar surface area (TPSA) is 24.9 Å². The molecule has 21 aromatic carbocycles. The zero-order chi connectivity index (χ0) is 91.4. The molecule has 138 heavy (non-hydrogen) atoms. The summed E-state index contributed by atoms with van der Waals surface area (Å²) in [6, 6.07) is 176. The lowest BCUT2D eigenvalue weighted by Crippen LogP contribution is -2.29. The molecule has 0 N–H and O–H groups in total. The first-order valence-corrected chi connectivity index (χ1v) is 48.3. The molecule has 29 rings (SSSR count). The average molecular weight is 1760 g/mol. The second-order valence-electron chi connectivity index (χ2n) is 39.0. The Morgan fingerprint density at radius 3 is 0.754 bits per heavy atom. The second kappa shape index (κ2) is 30.2. The van der Waals surface area contributed by atoms with Gasteiger partial charge in [0, 0.05) is 55.8 Å². The maximum atomic E-state index is 7.24. The van der Waals surface area contributed by atoms with Crippen molar-refractivity contribution in [2.45, 2.75) is 49.4 Å². The number of ether oxygens (including phenoxy) is 2. The van der Waals surface area contributed by atoms with Gasteiger partial charge in [-0.05, 0) is 268 Å². The Bertz CT molecular complexity index is 8630. The van der Waals surface area contributed by atoms with Crippen molar-refractivity contribution in [2.75, 3.05) is 9.80 Å². The molecule has 0 unspecified atom stereocenters. The van der Waals surface area contributed by atoms with E-state index in [2.05, 4.69) is 511 Å². The van der Waals surface area contributed by atoms with Crippen molar-refractivity contribution in [2.24, 2.45) is 0 Å². The molecule has 21 aromatic rings. The molecule has 2 spiro atoms. The molecular weight excluding hydrogens is 1670 g/mol. The molecule has 0 bridgehead atoms. The number of hydrogen-bond acceptors (Lipinski definition) is 4. The van der Waals surface area contributed by atoms with E-state index < -0.39 is 10.8 Å². The molecular formula is C134H90N2O2. The van der Waals surface area contributed by atoms with Crippen LogP contribution in [0, 0.1) is 0 Å². The number of nitrogens with zero attached hydrogens (tertiary/aromatic N) is 2. The minimum atomic E-state index is -0.564. The first-order valence-electron chi connectivity index (χ1n) is 48.3. The summed E-state index contributed by atoms with van der Waals surface area (Å²) in [5, 5.41) is 0. The molecule has 0 saturated heterocycles. The van der Waals surface area contributed by atoms with Crippen LogP contribution in [0.5, 0.6) is 23.0 Å². The Kier molecular flexibility index (Phi) is 17.4. The van der Waals surface area contributed by atoms with Crippen molar-refractivity contribution < 1.29 is 9.47 Å². The van der Waals surface area contributed by atoms with E-state index >= 15 is 0 Å². The molecule has 2 aliphatic heterocycles. The normalized spacial score (nSPS) is 14.1. The van der Waals surface area contributed by atoms with Gasteiger partial charge in [0.05, 0.1) is 22.2 Å². The summed E-state index contributed by atoms with van der Waals surface area (Å²) >= 11 is 0. The van der Waals surface area contributed by atoms with Gasteiger partial charge >= 0.3 is 0 Å². The van der Waals surface area contributed by atoms with Crippen molar-refractivity contribution in [3.05, 3.63) is 540 Å². The van der Waals surface area contributed by atoms with E-state index in [1.807, 2.05) is 0 Å². The third-order valence-corrected chi connectivity index (χ3v) is 31.5. The molecule has 648 valence electrons. The van der Waals surface area contributed by atoms with Gasteiger partial charge in [0.2, 0.25) is 0 Å². The Labute approximate surface area is 804 Å². The second-order valence-corrected chi connectivity index (χ2v) is 39.0. The molecule has 4 nitrogen and oxygen atoms in total. The molecule has 0 amide bonds. The molecule has 0 radical (unpaired) electrons. The molecule has 8 aliphatic rings. The van der Waals surface area contributed by atoms with Gasteiger partial charge in [-0.3, -0.25) is 0 Å². The molecule has 6 aliphatic carbocycles. The van der Waals surface area contributed by atoms with Gasteiger partial charge in [-0.2, -0.15) is 0 Å². The quantitative estimate of drug-likeness (QED) is 0.159. The fourth-order valence-corrected chi connectivity index (χ4v) is 25.5. The summed E-state index contributed by atoms with van der Waals surface area (Å²) in [5.41, 5.74) is 52.3. The van der Waals surface area contributed by atoms with Crippen LogP contribution in [0.1, 0.15) is 94.5 Å². The third-order valence-electron chi connectivity index (χ3n) is 31.5.